The van der Waals surface area contributed by atoms with Gasteiger partial charge in [-0.2, -0.15) is 4.98 Å². The number of aryl methyl sites for hydroxylation is 1. The van der Waals surface area contributed by atoms with Crippen LogP contribution in [0.3, 0.4) is 0 Å². The van der Waals surface area contributed by atoms with E-state index in [1.54, 1.807) is 0 Å². The predicted molar refractivity (Wildman–Crippen MR) is 57.7 cm³/mol. The maximum Gasteiger partial charge on any atom is 0.226 e. The van der Waals surface area contributed by atoms with Gasteiger partial charge in [-0.15, -0.1) is 0 Å². The van der Waals surface area contributed by atoms with Crippen molar-refractivity contribution in [3.63, 3.8) is 0 Å². The van der Waals surface area contributed by atoms with Crippen molar-refractivity contribution in [3.8, 4) is 0 Å². The first kappa shape index (κ1) is 10.6. The van der Waals surface area contributed by atoms with Crippen molar-refractivity contribution >= 4 is 0 Å². The van der Waals surface area contributed by atoms with Gasteiger partial charge in [-0.3, -0.25) is 0 Å². The quantitative estimate of drug-likeness (QED) is 0.804. The second kappa shape index (κ2) is 4.75. The second-order valence-corrected chi connectivity index (χ2v) is 4.40. The van der Waals surface area contributed by atoms with Crippen molar-refractivity contribution in [2.75, 3.05) is 7.05 Å². The summed E-state index contributed by atoms with van der Waals surface area (Å²) in [4.78, 5) is 4.43. The Labute approximate surface area is 90.4 Å². The number of nitrogens with one attached hydrogen (secondary N) is 1. The zero-order valence-corrected chi connectivity index (χ0v) is 9.49. The van der Waals surface area contributed by atoms with Crippen LogP contribution in [0.4, 0.5) is 0 Å². The van der Waals surface area contributed by atoms with Crippen LogP contribution < -0.4 is 5.32 Å². The van der Waals surface area contributed by atoms with Crippen molar-refractivity contribution in [1.29, 1.82) is 0 Å². The number of hydrogen-bond acceptors (Lipinski definition) is 4. The number of nitrogens with zero attached hydrogens (tertiary/aromatic N) is 2. The Balaban J connectivity index is 1.84. The van der Waals surface area contributed by atoms with Crippen LogP contribution in [0.5, 0.6) is 0 Å². The van der Waals surface area contributed by atoms with E-state index >= 15 is 0 Å². The van der Waals surface area contributed by atoms with Crippen molar-refractivity contribution in [2.45, 2.75) is 51.0 Å². The van der Waals surface area contributed by atoms with Crippen molar-refractivity contribution in [2.24, 2.45) is 0 Å². The molecule has 1 aliphatic carbocycles. The Bertz CT molecular complexity index is 307. The number of hydrogen-bond donors (Lipinski definition) is 1. The molecule has 1 atom stereocenters. The molecule has 1 heterocycles. The summed E-state index contributed by atoms with van der Waals surface area (Å²) in [5, 5.41) is 7.23. The second-order valence-electron chi connectivity index (χ2n) is 4.40. The average Bonchev–Trinajstić information content (AvgIpc) is 2.60. The fourth-order valence-corrected chi connectivity index (χ4v) is 1.69. The average molecular weight is 209 g/mol. The standard InChI is InChI=1S/C11H19N3O/c1-8(12-2)6-7-10-13-11(14-15-10)9-4-3-5-9/h8-9,12H,3-7H2,1-2H3. The molecule has 15 heavy (non-hydrogen) atoms. The molecule has 0 radical (unpaired) electrons. The van der Waals surface area contributed by atoms with Gasteiger partial charge in [0.1, 0.15) is 0 Å². The molecule has 1 N–H and O–H groups in total. The minimum Gasteiger partial charge on any atom is -0.339 e. The van der Waals surface area contributed by atoms with Crippen molar-refractivity contribution < 1.29 is 4.52 Å². The Morgan fingerprint density at radius 1 is 1.53 bits per heavy atom. The molecule has 0 amide bonds. The third-order valence-electron chi connectivity index (χ3n) is 3.24. The summed E-state index contributed by atoms with van der Waals surface area (Å²) in [6.45, 7) is 2.16. The normalized spacial score (nSPS) is 18.8. The first-order chi connectivity index (χ1) is 7.29. The minimum atomic E-state index is 0.504. The molecule has 1 aromatic rings. The maximum atomic E-state index is 5.23. The summed E-state index contributed by atoms with van der Waals surface area (Å²) in [6, 6.07) is 0.504. The van der Waals surface area contributed by atoms with Crippen LogP contribution in [0, 0.1) is 0 Å². The van der Waals surface area contributed by atoms with Gasteiger partial charge in [-0.05, 0) is 33.2 Å². The Morgan fingerprint density at radius 3 is 2.93 bits per heavy atom. The molecular formula is C11H19N3O. The first-order valence-corrected chi connectivity index (χ1v) is 5.79. The monoisotopic (exact) mass is 209 g/mol. The molecule has 0 spiro atoms. The van der Waals surface area contributed by atoms with E-state index in [1.807, 2.05) is 7.05 Å². The highest BCUT2D eigenvalue weighted by Crippen LogP contribution is 2.34. The summed E-state index contributed by atoms with van der Waals surface area (Å²) in [6.07, 6.45) is 5.69. The highest BCUT2D eigenvalue weighted by Gasteiger charge is 2.24. The van der Waals surface area contributed by atoms with E-state index in [0.717, 1.165) is 24.6 Å². The molecule has 1 aliphatic rings. The van der Waals surface area contributed by atoms with Crippen LogP contribution in [0.1, 0.15) is 50.2 Å². The summed E-state index contributed by atoms with van der Waals surface area (Å²) in [7, 11) is 1.97. The molecule has 1 aromatic heterocycles. The predicted octanol–water partition coefficient (Wildman–Crippen LogP) is 1.88. The van der Waals surface area contributed by atoms with Crippen LogP contribution in [0.2, 0.25) is 0 Å². The smallest absolute Gasteiger partial charge is 0.226 e. The van der Waals surface area contributed by atoms with Gasteiger partial charge in [0.05, 0.1) is 0 Å². The van der Waals surface area contributed by atoms with Gasteiger partial charge in [0, 0.05) is 18.4 Å². The van der Waals surface area contributed by atoms with E-state index in [2.05, 4.69) is 22.4 Å². The molecular weight excluding hydrogens is 190 g/mol. The summed E-state index contributed by atoms with van der Waals surface area (Å²) in [5.41, 5.74) is 0. The Hall–Kier alpha value is -0.900. The van der Waals surface area contributed by atoms with E-state index < -0.39 is 0 Å². The van der Waals surface area contributed by atoms with Crippen molar-refractivity contribution in [1.82, 2.24) is 15.5 Å². The molecule has 0 saturated heterocycles. The molecule has 1 saturated carbocycles. The van der Waals surface area contributed by atoms with Gasteiger partial charge >= 0.3 is 0 Å². The molecule has 1 fully saturated rings. The fraction of sp³-hybridized carbons (Fsp3) is 0.818. The zero-order valence-electron chi connectivity index (χ0n) is 9.49. The lowest BCUT2D eigenvalue weighted by Crippen LogP contribution is -2.21. The van der Waals surface area contributed by atoms with Crippen LogP contribution in [0.25, 0.3) is 0 Å². The van der Waals surface area contributed by atoms with Crippen LogP contribution >= 0.6 is 0 Å². The van der Waals surface area contributed by atoms with E-state index in [0.29, 0.717) is 12.0 Å². The van der Waals surface area contributed by atoms with E-state index in [4.69, 9.17) is 4.52 Å². The Kier molecular flexibility index (Phi) is 3.36. The van der Waals surface area contributed by atoms with Crippen molar-refractivity contribution in [3.05, 3.63) is 11.7 Å². The molecule has 2 rings (SSSR count). The zero-order chi connectivity index (χ0) is 10.7. The fourth-order valence-electron chi connectivity index (χ4n) is 1.69. The first-order valence-electron chi connectivity index (χ1n) is 5.79. The Morgan fingerprint density at radius 2 is 2.33 bits per heavy atom. The highest BCUT2D eigenvalue weighted by molar-refractivity contribution is 4.99. The topological polar surface area (TPSA) is 51.0 Å². The number of rotatable bonds is 5. The molecule has 1 unspecified atom stereocenters. The van der Waals surface area contributed by atoms with Gasteiger partial charge in [-0.25, -0.2) is 0 Å². The molecule has 4 nitrogen and oxygen atoms in total. The lowest BCUT2D eigenvalue weighted by atomic mass is 9.85. The van der Waals surface area contributed by atoms with Gasteiger partial charge in [0.2, 0.25) is 5.89 Å². The minimum absolute atomic E-state index is 0.504. The van der Waals surface area contributed by atoms with E-state index in [1.165, 1.54) is 19.3 Å². The van der Waals surface area contributed by atoms with E-state index in [9.17, 15) is 0 Å². The summed E-state index contributed by atoms with van der Waals surface area (Å²) >= 11 is 0. The molecule has 0 aromatic carbocycles. The van der Waals surface area contributed by atoms with Gasteiger partial charge < -0.3 is 9.84 Å². The van der Waals surface area contributed by atoms with Gasteiger partial charge in [0.25, 0.3) is 0 Å². The van der Waals surface area contributed by atoms with Crippen LogP contribution in [0.15, 0.2) is 4.52 Å². The molecule has 0 aliphatic heterocycles. The van der Waals surface area contributed by atoms with Gasteiger partial charge in [-0.1, -0.05) is 11.6 Å². The van der Waals surface area contributed by atoms with Gasteiger partial charge in [0.15, 0.2) is 5.82 Å². The maximum absolute atomic E-state index is 5.23. The third kappa shape index (κ3) is 2.56. The highest BCUT2D eigenvalue weighted by atomic mass is 16.5. The molecule has 4 heteroatoms. The van der Waals surface area contributed by atoms with Crippen LogP contribution in [-0.4, -0.2) is 23.2 Å². The summed E-state index contributed by atoms with van der Waals surface area (Å²) < 4.78 is 5.23. The number of aromatic nitrogens is 2. The lowest BCUT2D eigenvalue weighted by Gasteiger charge is -2.20. The third-order valence-corrected chi connectivity index (χ3v) is 3.24. The summed E-state index contributed by atoms with van der Waals surface area (Å²) in [5.74, 6) is 2.29. The van der Waals surface area contributed by atoms with E-state index in [-0.39, 0.29) is 0 Å². The molecule has 84 valence electrons. The van der Waals surface area contributed by atoms with Crippen LogP contribution in [-0.2, 0) is 6.42 Å². The largest absolute Gasteiger partial charge is 0.339 e. The lowest BCUT2D eigenvalue weighted by molar-refractivity contribution is 0.343. The molecule has 0 bridgehead atoms. The SMILES string of the molecule is CNC(C)CCc1nc(C2CCC2)no1.